The van der Waals surface area contributed by atoms with Crippen molar-refractivity contribution in [2.24, 2.45) is 14.1 Å². The zero-order chi connectivity index (χ0) is 14.2. The number of rotatable bonds is 4. The summed E-state index contributed by atoms with van der Waals surface area (Å²) in [6, 6.07) is 0.516. The highest BCUT2D eigenvalue weighted by Crippen LogP contribution is 2.04. The minimum absolute atomic E-state index is 0. The van der Waals surface area contributed by atoms with Crippen LogP contribution in [0.2, 0.25) is 0 Å². The quantitative estimate of drug-likeness (QED) is 0.617. The van der Waals surface area contributed by atoms with Gasteiger partial charge in [-0.15, -0.1) is 0 Å². The monoisotopic (exact) mass is 301 g/mol. The second-order valence-corrected chi connectivity index (χ2v) is 5.08. The zero-order valence-corrected chi connectivity index (χ0v) is 12.9. The van der Waals surface area contributed by atoms with Crippen molar-refractivity contribution in [1.82, 2.24) is 18.7 Å². The van der Waals surface area contributed by atoms with Crippen molar-refractivity contribution in [1.29, 1.82) is 0 Å². The number of halogens is 1. The first-order valence-corrected chi connectivity index (χ1v) is 6.37. The molecular formula is C12H20ClN5O2. The highest BCUT2D eigenvalue weighted by molar-refractivity contribution is 5.69. The van der Waals surface area contributed by atoms with Crippen LogP contribution in [0.25, 0.3) is 11.2 Å². The van der Waals surface area contributed by atoms with E-state index < -0.39 is 0 Å². The molecule has 2 aromatic heterocycles. The van der Waals surface area contributed by atoms with Gasteiger partial charge in [-0.05, 0) is 13.8 Å². The van der Waals surface area contributed by atoms with Crippen molar-refractivity contribution >= 4 is 11.2 Å². The summed E-state index contributed by atoms with van der Waals surface area (Å²) in [7, 11) is 3.11. The van der Waals surface area contributed by atoms with Crippen LogP contribution in [0.15, 0.2) is 15.9 Å². The Labute approximate surface area is 122 Å². The summed E-state index contributed by atoms with van der Waals surface area (Å²) in [6.45, 7) is 5.81. The van der Waals surface area contributed by atoms with E-state index in [1.54, 1.807) is 13.4 Å². The molecule has 0 spiro atoms. The van der Waals surface area contributed by atoms with Crippen molar-refractivity contribution in [2.45, 2.75) is 26.4 Å². The Bertz CT molecular complexity index is 713. The Morgan fingerprint density at radius 1 is 1.25 bits per heavy atom. The van der Waals surface area contributed by atoms with E-state index in [0.717, 1.165) is 11.1 Å². The van der Waals surface area contributed by atoms with Crippen LogP contribution in [0.1, 0.15) is 13.8 Å². The lowest BCUT2D eigenvalue weighted by atomic mass is 10.4. The molecule has 20 heavy (non-hydrogen) atoms. The van der Waals surface area contributed by atoms with Crippen LogP contribution < -0.4 is 29.0 Å². The molecule has 7 nitrogen and oxygen atoms in total. The standard InChI is InChI=1S/C12H19N5O2.ClH/c1-8(2)13-5-6-17-7-14-10-9(17)11(18)16(4)12(19)15(10)3;/h7-8,13H,5-6H2,1-4H3;1H. The fourth-order valence-electron chi connectivity index (χ4n) is 2.11. The molecule has 0 atom stereocenters. The number of quaternary nitrogens is 1. The lowest BCUT2D eigenvalue weighted by Gasteiger charge is -2.07. The smallest absolute Gasteiger partial charge is 0.332 e. The molecule has 0 aliphatic rings. The summed E-state index contributed by atoms with van der Waals surface area (Å²) in [4.78, 5) is 28.1. The number of hydrogen-bond donors (Lipinski definition) is 1. The van der Waals surface area contributed by atoms with Gasteiger partial charge >= 0.3 is 5.69 Å². The number of nitrogens with zero attached hydrogens (tertiary/aromatic N) is 4. The van der Waals surface area contributed by atoms with Crippen molar-refractivity contribution in [3.8, 4) is 0 Å². The van der Waals surface area contributed by atoms with E-state index in [4.69, 9.17) is 0 Å². The molecule has 0 unspecified atom stereocenters. The topological polar surface area (TPSA) is 78.4 Å². The summed E-state index contributed by atoms with van der Waals surface area (Å²) in [5.74, 6) is 0. The Morgan fingerprint density at radius 2 is 1.90 bits per heavy atom. The van der Waals surface area contributed by atoms with Gasteiger partial charge in [-0.25, -0.2) is 9.78 Å². The van der Waals surface area contributed by atoms with Gasteiger partial charge in [0.2, 0.25) is 0 Å². The number of aryl methyl sites for hydroxylation is 1. The molecule has 0 aliphatic heterocycles. The van der Waals surface area contributed by atoms with E-state index in [2.05, 4.69) is 24.1 Å². The van der Waals surface area contributed by atoms with E-state index in [1.165, 1.54) is 11.6 Å². The largest absolute Gasteiger partial charge is 1.00 e. The average Bonchev–Trinajstić information content (AvgIpc) is 2.77. The van der Waals surface area contributed by atoms with Gasteiger partial charge in [-0.1, -0.05) is 0 Å². The molecule has 2 N–H and O–H groups in total. The molecule has 2 heterocycles. The first-order valence-electron chi connectivity index (χ1n) is 6.37. The molecule has 8 heteroatoms. The summed E-state index contributed by atoms with van der Waals surface area (Å²) in [5, 5.41) is 2.19. The molecule has 0 saturated carbocycles. The Morgan fingerprint density at radius 3 is 2.50 bits per heavy atom. The molecule has 0 fully saturated rings. The molecule has 0 aromatic carbocycles. The van der Waals surface area contributed by atoms with Gasteiger partial charge in [0.1, 0.15) is 0 Å². The van der Waals surface area contributed by atoms with Crippen LogP contribution in [0, 0.1) is 0 Å². The first kappa shape index (κ1) is 16.5. The highest BCUT2D eigenvalue weighted by Gasteiger charge is 2.14. The molecule has 0 aliphatic carbocycles. The molecule has 2 aromatic rings. The fraction of sp³-hybridized carbons (Fsp3) is 0.583. The second kappa shape index (κ2) is 6.23. The van der Waals surface area contributed by atoms with Crippen LogP contribution in [0.5, 0.6) is 0 Å². The Hall–Kier alpha value is -1.60. The van der Waals surface area contributed by atoms with Gasteiger partial charge in [0, 0.05) is 14.1 Å². The molecular weight excluding hydrogens is 282 g/mol. The third-order valence-corrected chi connectivity index (χ3v) is 3.23. The van der Waals surface area contributed by atoms with E-state index in [1.807, 2.05) is 4.57 Å². The van der Waals surface area contributed by atoms with E-state index in [9.17, 15) is 9.59 Å². The summed E-state index contributed by atoms with van der Waals surface area (Å²) >= 11 is 0. The zero-order valence-electron chi connectivity index (χ0n) is 12.1. The van der Waals surface area contributed by atoms with Crippen molar-refractivity contribution < 1.29 is 17.7 Å². The molecule has 0 bridgehead atoms. The fourth-order valence-corrected chi connectivity index (χ4v) is 2.11. The average molecular weight is 302 g/mol. The number of nitrogens with two attached hydrogens (primary N) is 1. The predicted molar refractivity (Wildman–Crippen MR) is 72.1 cm³/mol. The Balaban J connectivity index is 0.00000200. The van der Waals surface area contributed by atoms with E-state index in [-0.39, 0.29) is 23.7 Å². The van der Waals surface area contributed by atoms with Gasteiger partial charge < -0.3 is 22.3 Å². The number of aromatic nitrogens is 4. The van der Waals surface area contributed by atoms with Gasteiger partial charge in [0.15, 0.2) is 11.2 Å². The number of imidazole rings is 1. The minimum Gasteiger partial charge on any atom is -1.00 e. The van der Waals surface area contributed by atoms with Gasteiger partial charge in [0.05, 0.1) is 25.5 Å². The normalized spacial score (nSPS) is 11.1. The maximum Gasteiger partial charge on any atom is 0.332 e. The van der Waals surface area contributed by atoms with E-state index in [0.29, 0.717) is 23.8 Å². The molecule has 0 amide bonds. The lowest BCUT2D eigenvalue weighted by molar-refractivity contribution is -0.683. The van der Waals surface area contributed by atoms with Crippen LogP contribution in [0.4, 0.5) is 0 Å². The van der Waals surface area contributed by atoms with E-state index >= 15 is 0 Å². The van der Waals surface area contributed by atoms with Crippen LogP contribution >= 0.6 is 0 Å². The summed E-state index contributed by atoms with van der Waals surface area (Å²) < 4.78 is 4.34. The number of fused-ring (bicyclic) bond motifs is 1. The van der Waals surface area contributed by atoms with Crippen molar-refractivity contribution in [3.63, 3.8) is 0 Å². The minimum atomic E-state index is -0.350. The van der Waals surface area contributed by atoms with Crippen LogP contribution in [-0.2, 0) is 20.6 Å². The third-order valence-electron chi connectivity index (χ3n) is 3.23. The predicted octanol–water partition coefficient (Wildman–Crippen LogP) is -4.59. The Kier molecular flexibility index (Phi) is 5.13. The van der Waals surface area contributed by atoms with Crippen LogP contribution in [0.3, 0.4) is 0 Å². The molecule has 112 valence electrons. The number of hydrogen-bond acceptors (Lipinski definition) is 3. The molecule has 0 radical (unpaired) electrons. The van der Waals surface area contributed by atoms with Gasteiger partial charge in [0.25, 0.3) is 5.56 Å². The maximum atomic E-state index is 12.2. The molecule has 0 saturated heterocycles. The molecule has 2 rings (SSSR count). The third kappa shape index (κ3) is 2.78. The van der Waals surface area contributed by atoms with Gasteiger partial charge in [-0.3, -0.25) is 13.9 Å². The second-order valence-electron chi connectivity index (χ2n) is 5.08. The first-order chi connectivity index (χ1) is 8.93. The van der Waals surface area contributed by atoms with Crippen molar-refractivity contribution in [3.05, 3.63) is 27.2 Å². The van der Waals surface area contributed by atoms with Crippen LogP contribution in [-0.4, -0.2) is 31.3 Å². The lowest BCUT2D eigenvalue weighted by Crippen LogP contribution is -3.00. The van der Waals surface area contributed by atoms with Crippen molar-refractivity contribution in [2.75, 3.05) is 6.54 Å². The summed E-state index contributed by atoms with van der Waals surface area (Å²) in [6.07, 6.45) is 1.62. The SMILES string of the molecule is CC(C)[NH2+]CCn1cnc2c1c(=O)n(C)c(=O)n2C.[Cl-]. The highest BCUT2D eigenvalue weighted by atomic mass is 35.5. The van der Waals surface area contributed by atoms with Gasteiger partial charge in [-0.2, -0.15) is 0 Å². The summed E-state index contributed by atoms with van der Waals surface area (Å²) in [5.41, 5.74) is 0.288. The maximum absolute atomic E-state index is 12.2.